The summed E-state index contributed by atoms with van der Waals surface area (Å²) in [5, 5.41) is 2.83. The molecule has 6 heteroatoms. The van der Waals surface area contributed by atoms with Crippen molar-refractivity contribution in [1.82, 2.24) is 5.32 Å². The highest BCUT2D eigenvalue weighted by molar-refractivity contribution is 5.94. The quantitative estimate of drug-likeness (QED) is 0.753. The summed E-state index contributed by atoms with van der Waals surface area (Å²) in [6.07, 6.45) is -1.13. The first-order valence-electron chi connectivity index (χ1n) is 7.87. The van der Waals surface area contributed by atoms with Crippen LogP contribution in [-0.4, -0.2) is 23.9 Å². The second-order valence-corrected chi connectivity index (χ2v) is 5.54. The zero-order chi connectivity index (χ0) is 18.2. The van der Waals surface area contributed by atoms with Crippen molar-refractivity contribution in [2.75, 3.05) is 0 Å². The van der Waals surface area contributed by atoms with Gasteiger partial charge in [-0.25, -0.2) is 0 Å². The highest BCUT2D eigenvalue weighted by Gasteiger charge is 2.22. The maximum absolute atomic E-state index is 12.4. The van der Waals surface area contributed by atoms with Gasteiger partial charge >= 0.3 is 5.97 Å². The highest BCUT2D eigenvalue weighted by Crippen LogP contribution is 2.18. The van der Waals surface area contributed by atoms with Gasteiger partial charge in [0.1, 0.15) is 0 Å². The monoisotopic (exact) mass is 340 g/mol. The topological polar surface area (TPSA) is 98.5 Å². The predicted octanol–water partition coefficient (Wildman–Crippen LogP) is 1.96. The predicted molar refractivity (Wildman–Crippen MR) is 92.5 cm³/mol. The highest BCUT2D eigenvalue weighted by atomic mass is 16.5. The van der Waals surface area contributed by atoms with Gasteiger partial charge in [-0.2, -0.15) is 0 Å². The number of nitrogens with two attached hydrogens (primary N) is 1. The van der Waals surface area contributed by atoms with Crippen LogP contribution in [0.2, 0.25) is 0 Å². The standard InChI is InChI=1S/C19H20N2O4/c1-13(18(20)23)25-17(22)12-16(14-8-4-2-5-9-14)21-19(24)15-10-6-3-7-11-15/h2-11,13,16H,12H2,1H3,(H2,20,23)(H,21,24)/t13-,16-/m0/s1. The van der Waals surface area contributed by atoms with Crippen LogP contribution < -0.4 is 11.1 Å². The van der Waals surface area contributed by atoms with Crippen molar-refractivity contribution in [2.24, 2.45) is 5.73 Å². The first-order chi connectivity index (χ1) is 12.0. The Kier molecular flexibility index (Phi) is 6.28. The second kappa shape index (κ2) is 8.63. The summed E-state index contributed by atoms with van der Waals surface area (Å²) in [5.74, 6) is -1.64. The molecule has 3 N–H and O–H groups in total. The van der Waals surface area contributed by atoms with Crippen molar-refractivity contribution in [3.8, 4) is 0 Å². The molecule has 0 unspecified atom stereocenters. The summed E-state index contributed by atoms with van der Waals surface area (Å²) >= 11 is 0. The molecule has 0 aromatic heterocycles. The van der Waals surface area contributed by atoms with Crippen LogP contribution in [0.5, 0.6) is 0 Å². The van der Waals surface area contributed by atoms with Gasteiger partial charge in [-0.05, 0) is 24.6 Å². The number of primary amides is 1. The van der Waals surface area contributed by atoms with Crippen molar-refractivity contribution < 1.29 is 19.1 Å². The number of nitrogens with one attached hydrogen (secondary N) is 1. The first-order valence-corrected chi connectivity index (χ1v) is 7.87. The Morgan fingerprint density at radius 1 is 1.00 bits per heavy atom. The van der Waals surface area contributed by atoms with Crippen molar-refractivity contribution in [3.63, 3.8) is 0 Å². The molecule has 0 saturated carbocycles. The van der Waals surface area contributed by atoms with Gasteiger partial charge in [-0.15, -0.1) is 0 Å². The van der Waals surface area contributed by atoms with Gasteiger partial charge < -0.3 is 15.8 Å². The molecule has 130 valence electrons. The van der Waals surface area contributed by atoms with E-state index in [2.05, 4.69) is 5.32 Å². The second-order valence-electron chi connectivity index (χ2n) is 5.54. The Bertz CT molecular complexity index is 732. The minimum absolute atomic E-state index is 0.111. The summed E-state index contributed by atoms with van der Waals surface area (Å²) in [5.41, 5.74) is 6.34. The molecule has 2 rings (SSSR count). The molecule has 2 amide bonds. The lowest BCUT2D eigenvalue weighted by Gasteiger charge is -2.19. The average Bonchev–Trinajstić information content (AvgIpc) is 2.62. The maximum Gasteiger partial charge on any atom is 0.309 e. The average molecular weight is 340 g/mol. The van der Waals surface area contributed by atoms with Crippen LogP contribution in [0.4, 0.5) is 0 Å². The van der Waals surface area contributed by atoms with Gasteiger partial charge in [-0.1, -0.05) is 48.5 Å². The van der Waals surface area contributed by atoms with Crippen molar-refractivity contribution in [2.45, 2.75) is 25.5 Å². The number of hydrogen-bond acceptors (Lipinski definition) is 4. The van der Waals surface area contributed by atoms with E-state index in [0.29, 0.717) is 5.56 Å². The number of carbonyl (C=O) groups excluding carboxylic acids is 3. The molecule has 0 radical (unpaired) electrons. The Labute approximate surface area is 146 Å². The van der Waals surface area contributed by atoms with E-state index in [-0.39, 0.29) is 12.3 Å². The lowest BCUT2D eigenvalue weighted by molar-refractivity contribution is -0.154. The Balaban J connectivity index is 2.12. The molecule has 0 aliphatic carbocycles. The number of hydrogen-bond donors (Lipinski definition) is 2. The summed E-state index contributed by atoms with van der Waals surface area (Å²) in [4.78, 5) is 35.5. The van der Waals surface area contributed by atoms with Crippen molar-refractivity contribution in [1.29, 1.82) is 0 Å². The van der Waals surface area contributed by atoms with E-state index >= 15 is 0 Å². The smallest absolute Gasteiger partial charge is 0.309 e. The fraction of sp³-hybridized carbons (Fsp3) is 0.211. The third kappa shape index (κ3) is 5.46. The molecular weight excluding hydrogens is 320 g/mol. The molecule has 0 spiro atoms. The summed E-state index contributed by atoms with van der Waals surface area (Å²) in [7, 11) is 0. The molecule has 0 saturated heterocycles. The molecular formula is C19H20N2O4. The minimum Gasteiger partial charge on any atom is -0.452 e. The van der Waals surface area contributed by atoms with E-state index in [1.165, 1.54) is 6.92 Å². The fourth-order valence-electron chi connectivity index (χ4n) is 2.24. The van der Waals surface area contributed by atoms with Gasteiger partial charge in [0.05, 0.1) is 12.5 Å². The van der Waals surface area contributed by atoms with Crippen LogP contribution in [0, 0.1) is 0 Å². The molecule has 0 aliphatic heterocycles. The van der Waals surface area contributed by atoms with Gasteiger partial charge in [0.2, 0.25) is 0 Å². The number of amides is 2. The summed E-state index contributed by atoms with van der Waals surface area (Å²) in [6, 6.07) is 17.2. The Morgan fingerprint density at radius 3 is 2.12 bits per heavy atom. The van der Waals surface area contributed by atoms with Gasteiger partial charge in [0.25, 0.3) is 11.8 Å². The van der Waals surface area contributed by atoms with E-state index in [4.69, 9.17) is 10.5 Å². The molecule has 0 bridgehead atoms. The lowest BCUT2D eigenvalue weighted by atomic mass is 10.0. The number of carbonyl (C=O) groups is 3. The number of ether oxygens (including phenoxy) is 1. The number of benzene rings is 2. The van der Waals surface area contributed by atoms with E-state index in [1.54, 1.807) is 36.4 Å². The van der Waals surface area contributed by atoms with Crippen LogP contribution in [0.25, 0.3) is 0 Å². The molecule has 0 fully saturated rings. The van der Waals surface area contributed by atoms with Crippen LogP contribution in [0.15, 0.2) is 60.7 Å². The molecule has 6 nitrogen and oxygen atoms in total. The minimum atomic E-state index is -1.02. The van der Waals surface area contributed by atoms with E-state index in [0.717, 1.165) is 5.56 Å². The third-order valence-electron chi connectivity index (χ3n) is 3.62. The normalized spacial score (nSPS) is 12.7. The largest absolute Gasteiger partial charge is 0.452 e. The molecule has 2 aromatic rings. The van der Waals surface area contributed by atoms with Crippen molar-refractivity contribution >= 4 is 17.8 Å². The molecule has 0 aliphatic rings. The van der Waals surface area contributed by atoms with Gasteiger partial charge in [0.15, 0.2) is 6.10 Å². The lowest BCUT2D eigenvalue weighted by Crippen LogP contribution is -2.34. The van der Waals surface area contributed by atoms with E-state index < -0.39 is 24.0 Å². The third-order valence-corrected chi connectivity index (χ3v) is 3.62. The molecule has 0 heterocycles. The van der Waals surface area contributed by atoms with Crippen LogP contribution in [0.3, 0.4) is 0 Å². The Morgan fingerprint density at radius 2 is 1.56 bits per heavy atom. The SMILES string of the molecule is C[C@H](OC(=O)C[C@H](NC(=O)c1ccccc1)c1ccccc1)C(N)=O. The van der Waals surface area contributed by atoms with E-state index in [9.17, 15) is 14.4 Å². The molecule has 2 atom stereocenters. The van der Waals surface area contributed by atoms with Crippen LogP contribution in [0.1, 0.15) is 35.3 Å². The molecule has 25 heavy (non-hydrogen) atoms. The summed E-state index contributed by atoms with van der Waals surface area (Å²) < 4.78 is 4.99. The van der Waals surface area contributed by atoms with Gasteiger partial charge in [0, 0.05) is 5.56 Å². The van der Waals surface area contributed by atoms with Crippen molar-refractivity contribution in [3.05, 3.63) is 71.8 Å². The number of rotatable bonds is 7. The van der Waals surface area contributed by atoms with Gasteiger partial charge in [-0.3, -0.25) is 14.4 Å². The first kappa shape index (κ1) is 18.2. The Hall–Kier alpha value is -3.15. The van der Waals surface area contributed by atoms with Crippen LogP contribution in [-0.2, 0) is 14.3 Å². The fourth-order valence-corrected chi connectivity index (χ4v) is 2.24. The number of esters is 1. The zero-order valence-corrected chi connectivity index (χ0v) is 13.8. The molecule has 2 aromatic carbocycles. The van der Waals surface area contributed by atoms with E-state index in [1.807, 2.05) is 24.3 Å². The zero-order valence-electron chi connectivity index (χ0n) is 13.8. The maximum atomic E-state index is 12.4. The summed E-state index contributed by atoms with van der Waals surface area (Å²) in [6.45, 7) is 1.40. The van der Waals surface area contributed by atoms with Crippen LogP contribution >= 0.6 is 0 Å².